The maximum absolute atomic E-state index is 5.75. The van der Waals surface area contributed by atoms with E-state index in [-0.39, 0.29) is 0 Å². The van der Waals surface area contributed by atoms with Gasteiger partial charge in [0.25, 0.3) is 0 Å². The van der Waals surface area contributed by atoms with Crippen LogP contribution in [0, 0.1) is 0 Å². The Labute approximate surface area is 92.1 Å². The first-order valence-corrected chi connectivity index (χ1v) is 5.84. The van der Waals surface area contributed by atoms with Crippen molar-refractivity contribution >= 4 is 0 Å². The maximum Gasteiger partial charge on any atom is 0.0828 e. The van der Waals surface area contributed by atoms with E-state index in [1.165, 1.54) is 0 Å². The van der Waals surface area contributed by atoms with Gasteiger partial charge >= 0.3 is 0 Å². The zero-order valence-corrected chi connectivity index (χ0v) is 9.82. The third-order valence-electron chi connectivity index (χ3n) is 3.17. The molecule has 15 heavy (non-hydrogen) atoms. The normalized spacial score (nSPS) is 30.4. The van der Waals surface area contributed by atoms with E-state index in [0.29, 0.717) is 12.2 Å². The summed E-state index contributed by atoms with van der Waals surface area (Å²) in [7, 11) is 4.27. The van der Waals surface area contributed by atoms with Crippen LogP contribution in [-0.2, 0) is 9.47 Å². The van der Waals surface area contributed by atoms with Crippen LogP contribution in [0.3, 0.4) is 0 Å². The first-order chi connectivity index (χ1) is 7.24. The quantitative estimate of drug-likeness (QED) is 0.659. The Bertz CT molecular complexity index is 195. The van der Waals surface area contributed by atoms with E-state index in [4.69, 9.17) is 9.47 Å². The Kier molecular flexibility index (Phi) is 3.97. The average molecular weight is 214 g/mol. The van der Waals surface area contributed by atoms with Crippen LogP contribution in [0.1, 0.15) is 6.42 Å². The van der Waals surface area contributed by atoms with Crippen molar-refractivity contribution in [3.05, 3.63) is 0 Å². The molecule has 88 valence electrons. The molecule has 4 nitrogen and oxygen atoms in total. The first-order valence-electron chi connectivity index (χ1n) is 5.84. The second-order valence-electron chi connectivity index (χ2n) is 4.76. The monoisotopic (exact) mass is 214 g/mol. The highest BCUT2D eigenvalue weighted by atomic mass is 16.5. The van der Waals surface area contributed by atoms with E-state index in [2.05, 4.69) is 23.9 Å². The van der Waals surface area contributed by atoms with Crippen molar-refractivity contribution in [3.63, 3.8) is 0 Å². The Morgan fingerprint density at radius 1 is 1.20 bits per heavy atom. The maximum atomic E-state index is 5.75. The molecule has 0 spiro atoms. The molecule has 1 atom stereocenters. The average Bonchev–Trinajstić information content (AvgIpc) is 2.15. The summed E-state index contributed by atoms with van der Waals surface area (Å²) in [5.41, 5.74) is 0. The third kappa shape index (κ3) is 3.41. The number of likely N-dealkylation sites (tertiary alicyclic amines) is 1. The van der Waals surface area contributed by atoms with Gasteiger partial charge in [0.1, 0.15) is 0 Å². The largest absolute Gasteiger partial charge is 0.375 e. The van der Waals surface area contributed by atoms with Crippen molar-refractivity contribution in [1.29, 1.82) is 0 Å². The number of hydrogen-bond donors (Lipinski definition) is 0. The highest BCUT2D eigenvalue weighted by Crippen LogP contribution is 2.11. The minimum absolute atomic E-state index is 0.376. The Morgan fingerprint density at radius 3 is 2.67 bits per heavy atom. The lowest BCUT2D eigenvalue weighted by atomic mass is 10.2. The molecular weight excluding hydrogens is 192 g/mol. The predicted octanol–water partition coefficient (Wildman–Crippen LogP) is 0.0377. The molecular formula is C11H22N2O2. The lowest BCUT2D eigenvalue weighted by Crippen LogP contribution is -2.50. The fourth-order valence-electron chi connectivity index (χ4n) is 2.15. The van der Waals surface area contributed by atoms with Crippen molar-refractivity contribution in [1.82, 2.24) is 9.80 Å². The summed E-state index contributed by atoms with van der Waals surface area (Å²) in [5, 5.41) is 0. The van der Waals surface area contributed by atoms with Crippen LogP contribution < -0.4 is 0 Å². The molecule has 0 aromatic heterocycles. The van der Waals surface area contributed by atoms with Crippen molar-refractivity contribution in [3.8, 4) is 0 Å². The van der Waals surface area contributed by atoms with Crippen molar-refractivity contribution in [2.75, 3.05) is 53.5 Å². The van der Waals surface area contributed by atoms with E-state index in [0.717, 1.165) is 45.8 Å². The van der Waals surface area contributed by atoms with Crippen molar-refractivity contribution in [2.24, 2.45) is 0 Å². The molecule has 0 amide bonds. The minimum Gasteiger partial charge on any atom is -0.375 e. The molecule has 2 fully saturated rings. The molecule has 2 saturated heterocycles. The summed E-state index contributed by atoms with van der Waals surface area (Å²) in [5.74, 6) is 0. The third-order valence-corrected chi connectivity index (χ3v) is 3.17. The lowest BCUT2D eigenvalue weighted by Gasteiger charge is -2.36. The van der Waals surface area contributed by atoms with Gasteiger partial charge in [0.05, 0.1) is 18.8 Å². The van der Waals surface area contributed by atoms with E-state index >= 15 is 0 Å². The van der Waals surface area contributed by atoms with Gasteiger partial charge in [-0.25, -0.2) is 0 Å². The van der Waals surface area contributed by atoms with Gasteiger partial charge in [-0.3, -0.25) is 0 Å². The number of nitrogens with zero attached hydrogens (tertiary/aromatic N) is 2. The van der Waals surface area contributed by atoms with Gasteiger partial charge in [0, 0.05) is 32.8 Å². The molecule has 0 bridgehead atoms. The summed E-state index contributed by atoms with van der Waals surface area (Å²) in [6.45, 7) is 6.00. The van der Waals surface area contributed by atoms with Crippen LogP contribution in [0.4, 0.5) is 0 Å². The molecule has 4 heteroatoms. The Morgan fingerprint density at radius 2 is 2.00 bits per heavy atom. The predicted molar refractivity (Wildman–Crippen MR) is 59.1 cm³/mol. The van der Waals surface area contributed by atoms with Gasteiger partial charge in [0.15, 0.2) is 0 Å². The second-order valence-corrected chi connectivity index (χ2v) is 4.76. The van der Waals surface area contributed by atoms with Gasteiger partial charge in [0.2, 0.25) is 0 Å². The summed E-state index contributed by atoms with van der Waals surface area (Å²) in [6.07, 6.45) is 1.88. The van der Waals surface area contributed by atoms with Crippen LogP contribution in [0.2, 0.25) is 0 Å². The van der Waals surface area contributed by atoms with Gasteiger partial charge < -0.3 is 19.3 Å². The van der Waals surface area contributed by atoms with E-state index in [9.17, 15) is 0 Å². The van der Waals surface area contributed by atoms with E-state index in [1.54, 1.807) is 0 Å². The standard InChI is InChI=1S/C11H22N2O2/c1-12-4-6-15-10(7-12)3-5-14-11-8-13(2)9-11/h10-11H,3-9H2,1-2H3. The zero-order chi connectivity index (χ0) is 10.7. The molecule has 0 saturated carbocycles. The van der Waals surface area contributed by atoms with E-state index in [1.807, 2.05) is 0 Å². The molecule has 0 aromatic rings. The topological polar surface area (TPSA) is 24.9 Å². The van der Waals surface area contributed by atoms with E-state index < -0.39 is 0 Å². The van der Waals surface area contributed by atoms with Crippen LogP contribution in [0.5, 0.6) is 0 Å². The Hall–Kier alpha value is -0.160. The number of ether oxygens (including phenoxy) is 2. The summed E-state index contributed by atoms with van der Waals surface area (Å²) in [6, 6.07) is 0. The Balaban J connectivity index is 1.53. The van der Waals surface area contributed by atoms with Crippen LogP contribution in [-0.4, -0.2) is 75.5 Å². The summed E-state index contributed by atoms with van der Waals surface area (Å²) < 4.78 is 11.4. The lowest BCUT2D eigenvalue weighted by molar-refractivity contribution is -0.0725. The summed E-state index contributed by atoms with van der Waals surface area (Å²) >= 11 is 0. The molecule has 0 N–H and O–H groups in total. The number of rotatable bonds is 4. The molecule has 2 heterocycles. The molecule has 0 radical (unpaired) electrons. The number of morpholine rings is 1. The smallest absolute Gasteiger partial charge is 0.0828 e. The van der Waals surface area contributed by atoms with Crippen molar-refractivity contribution in [2.45, 2.75) is 18.6 Å². The molecule has 0 aromatic carbocycles. The fourth-order valence-corrected chi connectivity index (χ4v) is 2.15. The van der Waals surface area contributed by atoms with Crippen LogP contribution in [0.15, 0.2) is 0 Å². The minimum atomic E-state index is 0.376. The zero-order valence-electron chi connectivity index (χ0n) is 9.82. The number of hydrogen-bond acceptors (Lipinski definition) is 4. The van der Waals surface area contributed by atoms with Gasteiger partial charge in [-0.05, 0) is 20.5 Å². The highest BCUT2D eigenvalue weighted by molar-refractivity contribution is 4.77. The fraction of sp³-hybridized carbons (Fsp3) is 1.00. The van der Waals surface area contributed by atoms with Gasteiger partial charge in [-0.15, -0.1) is 0 Å². The number of likely N-dealkylation sites (N-methyl/N-ethyl adjacent to an activating group) is 2. The first kappa shape index (κ1) is 11.3. The van der Waals surface area contributed by atoms with Crippen LogP contribution >= 0.6 is 0 Å². The van der Waals surface area contributed by atoms with Gasteiger partial charge in [-0.2, -0.15) is 0 Å². The molecule has 2 rings (SSSR count). The van der Waals surface area contributed by atoms with Gasteiger partial charge in [-0.1, -0.05) is 0 Å². The summed E-state index contributed by atoms with van der Waals surface area (Å²) in [4.78, 5) is 4.60. The van der Waals surface area contributed by atoms with Crippen molar-refractivity contribution < 1.29 is 9.47 Å². The molecule has 2 aliphatic heterocycles. The molecule has 1 unspecified atom stereocenters. The van der Waals surface area contributed by atoms with Crippen LogP contribution in [0.25, 0.3) is 0 Å². The molecule has 0 aliphatic carbocycles. The molecule has 2 aliphatic rings. The SMILES string of the molecule is CN1CCOC(CCOC2CN(C)C2)C1. The second kappa shape index (κ2) is 5.25. The highest BCUT2D eigenvalue weighted by Gasteiger charge is 2.24.